The van der Waals surface area contributed by atoms with Crippen LogP contribution in [0.4, 0.5) is 0 Å². The smallest absolute Gasteiger partial charge is 0.243 e. The van der Waals surface area contributed by atoms with E-state index < -0.39 is 10.0 Å². The van der Waals surface area contributed by atoms with Gasteiger partial charge in [-0.15, -0.1) is 0 Å². The second kappa shape index (κ2) is 7.11. The van der Waals surface area contributed by atoms with Crippen molar-refractivity contribution in [3.8, 4) is 0 Å². The van der Waals surface area contributed by atoms with Crippen molar-refractivity contribution in [2.75, 3.05) is 13.1 Å². The van der Waals surface area contributed by atoms with Gasteiger partial charge in [-0.3, -0.25) is 0 Å². The molecular weight excluding hydrogens is 296 g/mol. The maximum Gasteiger partial charge on any atom is 0.243 e. The Balaban J connectivity index is 2.11. The number of nitrogens with two attached hydrogens (primary N) is 1. The standard InChI is InChI=1S/C17H28N2O2S/c1-4-13(2)15-5-7-17(8-6-15)22(20,21)19-11-9-16(10-12-19)14(3)18/h5-8,13-14,16H,4,9-12,18H2,1-3H3. The van der Waals surface area contributed by atoms with Gasteiger partial charge in [0, 0.05) is 19.1 Å². The number of hydrogen-bond acceptors (Lipinski definition) is 3. The Morgan fingerprint density at radius 3 is 2.18 bits per heavy atom. The zero-order valence-corrected chi connectivity index (χ0v) is 14.6. The molecule has 1 aliphatic rings. The van der Waals surface area contributed by atoms with E-state index in [2.05, 4.69) is 13.8 Å². The van der Waals surface area contributed by atoms with Gasteiger partial charge in [0.2, 0.25) is 10.0 Å². The fraction of sp³-hybridized carbons (Fsp3) is 0.647. The molecule has 0 amide bonds. The van der Waals surface area contributed by atoms with Gasteiger partial charge in [0.1, 0.15) is 0 Å². The molecule has 5 heteroatoms. The van der Waals surface area contributed by atoms with E-state index in [1.165, 1.54) is 5.56 Å². The summed E-state index contributed by atoms with van der Waals surface area (Å²) in [6, 6.07) is 7.51. The van der Waals surface area contributed by atoms with E-state index in [1.807, 2.05) is 19.1 Å². The van der Waals surface area contributed by atoms with E-state index in [0.29, 0.717) is 29.8 Å². The van der Waals surface area contributed by atoms with Crippen LogP contribution in [0.1, 0.15) is 51.5 Å². The Bertz CT molecular complexity index is 573. The largest absolute Gasteiger partial charge is 0.328 e. The lowest BCUT2D eigenvalue weighted by Gasteiger charge is -2.33. The summed E-state index contributed by atoms with van der Waals surface area (Å²) in [5.74, 6) is 0.887. The third kappa shape index (κ3) is 3.70. The molecule has 0 saturated carbocycles. The average Bonchev–Trinajstić information content (AvgIpc) is 2.54. The molecule has 0 radical (unpaired) electrons. The average molecular weight is 324 g/mol. The monoisotopic (exact) mass is 324 g/mol. The predicted molar refractivity (Wildman–Crippen MR) is 90.3 cm³/mol. The third-order valence-electron chi connectivity index (χ3n) is 4.94. The topological polar surface area (TPSA) is 63.4 Å². The second-order valence-electron chi connectivity index (χ2n) is 6.48. The van der Waals surface area contributed by atoms with Gasteiger partial charge in [0.05, 0.1) is 4.90 Å². The number of sulfonamides is 1. The van der Waals surface area contributed by atoms with E-state index >= 15 is 0 Å². The highest BCUT2D eigenvalue weighted by atomic mass is 32.2. The third-order valence-corrected chi connectivity index (χ3v) is 6.85. The zero-order chi connectivity index (χ0) is 16.3. The van der Waals surface area contributed by atoms with Gasteiger partial charge in [-0.2, -0.15) is 4.31 Å². The normalized spacial score (nSPS) is 20.7. The summed E-state index contributed by atoms with van der Waals surface area (Å²) in [7, 11) is -3.37. The first-order valence-electron chi connectivity index (χ1n) is 8.22. The summed E-state index contributed by atoms with van der Waals surface area (Å²) in [6.07, 6.45) is 2.75. The van der Waals surface area contributed by atoms with Gasteiger partial charge in [0.25, 0.3) is 0 Å². The van der Waals surface area contributed by atoms with Crippen LogP contribution in [0.15, 0.2) is 29.2 Å². The highest BCUT2D eigenvalue weighted by molar-refractivity contribution is 7.89. The molecule has 0 aliphatic carbocycles. The summed E-state index contributed by atoms with van der Waals surface area (Å²) < 4.78 is 27.0. The van der Waals surface area contributed by atoms with Gasteiger partial charge >= 0.3 is 0 Å². The number of rotatable bonds is 5. The van der Waals surface area contributed by atoms with Crippen LogP contribution in [0.2, 0.25) is 0 Å². The Labute approximate surface area is 134 Å². The maximum absolute atomic E-state index is 12.7. The number of hydrogen-bond donors (Lipinski definition) is 1. The van der Waals surface area contributed by atoms with Crippen molar-refractivity contribution >= 4 is 10.0 Å². The molecule has 1 aromatic carbocycles. The molecule has 0 spiro atoms. The molecule has 2 atom stereocenters. The minimum Gasteiger partial charge on any atom is -0.328 e. The van der Waals surface area contributed by atoms with Gasteiger partial charge in [-0.1, -0.05) is 26.0 Å². The van der Waals surface area contributed by atoms with E-state index in [-0.39, 0.29) is 6.04 Å². The second-order valence-corrected chi connectivity index (χ2v) is 8.42. The van der Waals surface area contributed by atoms with Crippen LogP contribution < -0.4 is 5.73 Å². The van der Waals surface area contributed by atoms with Crippen LogP contribution in [0.25, 0.3) is 0 Å². The van der Waals surface area contributed by atoms with Crippen molar-refractivity contribution in [2.24, 2.45) is 11.7 Å². The molecule has 0 aromatic heterocycles. The zero-order valence-electron chi connectivity index (χ0n) is 13.8. The van der Waals surface area contributed by atoms with Crippen LogP contribution in [0.3, 0.4) is 0 Å². The molecule has 2 N–H and O–H groups in total. The van der Waals surface area contributed by atoms with Gasteiger partial charge < -0.3 is 5.73 Å². The Kier molecular flexibility index (Phi) is 5.64. The Morgan fingerprint density at radius 2 is 1.73 bits per heavy atom. The lowest BCUT2D eigenvalue weighted by Crippen LogP contribution is -2.42. The summed E-state index contributed by atoms with van der Waals surface area (Å²) >= 11 is 0. The van der Waals surface area contributed by atoms with E-state index in [4.69, 9.17) is 5.73 Å². The molecule has 124 valence electrons. The highest BCUT2D eigenvalue weighted by Crippen LogP contribution is 2.26. The molecule has 1 aromatic rings. The van der Waals surface area contributed by atoms with Crippen LogP contribution in [-0.4, -0.2) is 31.9 Å². The molecule has 1 fully saturated rings. The number of piperidine rings is 1. The van der Waals surface area contributed by atoms with E-state index in [1.54, 1.807) is 16.4 Å². The van der Waals surface area contributed by atoms with Crippen LogP contribution >= 0.6 is 0 Å². The molecule has 4 nitrogen and oxygen atoms in total. The quantitative estimate of drug-likeness (QED) is 0.905. The van der Waals surface area contributed by atoms with Crippen molar-refractivity contribution in [1.82, 2.24) is 4.31 Å². The van der Waals surface area contributed by atoms with Crippen LogP contribution in [-0.2, 0) is 10.0 Å². The van der Waals surface area contributed by atoms with Gasteiger partial charge in [-0.05, 0) is 55.7 Å². The molecule has 2 unspecified atom stereocenters. The first-order chi connectivity index (χ1) is 10.4. The molecule has 1 heterocycles. The maximum atomic E-state index is 12.7. The first kappa shape index (κ1) is 17.4. The number of benzene rings is 1. The van der Waals surface area contributed by atoms with Gasteiger partial charge in [-0.25, -0.2) is 8.42 Å². The SMILES string of the molecule is CCC(C)c1ccc(S(=O)(=O)N2CCC(C(C)N)CC2)cc1. The molecule has 1 aliphatic heterocycles. The van der Waals surface area contributed by atoms with Crippen molar-refractivity contribution in [3.63, 3.8) is 0 Å². The van der Waals surface area contributed by atoms with Crippen molar-refractivity contribution in [3.05, 3.63) is 29.8 Å². The lowest BCUT2D eigenvalue weighted by atomic mass is 9.92. The summed E-state index contributed by atoms with van der Waals surface area (Å²) in [5.41, 5.74) is 7.11. The van der Waals surface area contributed by atoms with Crippen molar-refractivity contribution < 1.29 is 8.42 Å². The highest BCUT2D eigenvalue weighted by Gasteiger charge is 2.30. The lowest BCUT2D eigenvalue weighted by molar-refractivity contribution is 0.250. The fourth-order valence-electron chi connectivity index (χ4n) is 3.00. The molecule has 22 heavy (non-hydrogen) atoms. The summed E-state index contributed by atoms with van der Waals surface area (Å²) in [4.78, 5) is 0.402. The summed E-state index contributed by atoms with van der Waals surface area (Å²) in [6.45, 7) is 7.44. The predicted octanol–water partition coefficient (Wildman–Crippen LogP) is 2.95. The first-order valence-corrected chi connectivity index (χ1v) is 9.66. The van der Waals surface area contributed by atoms with E-state index in [0.717, 1.165) is 19.3 Å². The fourth-order valence-corrected chi connectivity index (χ4v) is 4.46. The van der Waals surface area contributed by atoms with Crippen molar-refractivity contribution in [2.45, 2.75) is 56.9 Å². The Morgan fingerprint density at radius 1 is 1.18 bits per heavy atom. The minimum absolute atomic E-state index is 0.139. The molecule has 0 bridgehead atoms. The van der Waals surface area contributed by atoms with E-state index in [9.17, 15) is 8.42 Å². The molecule has 1 saturated heterocycles. The van der Waals surface area contributed by atoms with Crippen LogP contribution in [0.5, 0.6) is 0 Å². The summed E-state index contributed by atoms with van der Waals surface area (Å²) in [5, 5.41) is 0. The Hall–Kier alpha value is -0.910. The van der Waals surface area contributed by atoms with Crippen LogP contribution in [0, 0.1) is 5.92 Å². The van der Waals surface area contributed by atoms with Crippen molar-refractivity contribution in [1.29, 1.82) is 0 Å². The number of nitrogens with zero attached hydrogens (tertiary/aromatic N) is 1. The molecular formula is C17H28N2O2S. The molecule has 2 rings (SSSR count). The minimum atomic E-state index is -3.37. The van der Waals surface area contributed by atoms with Gasteiger partial charge in [0.15, 0.2) is 0 Å².